The molecule has 0 unspecified atom stereocenters. The minimum Gasteiger partial charge on any atom is -0.378 e. The van der Waals surface area contributed by atoms with Crippen LogP contribution in [0.2, 0.25) is 5.02 Å². The summed E-state index contributed by atoms with van der Waals surface area (Å²) in [6, 6.07) is 8.61. The van der Waals surface area contributed by atoms with Gasteiger partial charge >= 0.3 is 0 Å². The van der Waals surface area contributed by atoms with Gasteiger partial charge in [0.25, 0.3) is 5.91 Å². The molecule has 10 heteroatoms. The molecule has 0 bridgehead atoms. The highest BCUT2D eigenvalue weighted by molar-refractivity contribution is 7.89. The lowest BCUT2D eigenvalue weighted by atomic mass is 10.2. The summed E-state index contributed by atoms with van der Waals surface area (Å²) in [5, 5.41) is 2.70. The highest BCUT2D eigenvalue weighted by Gasteiger charge is 2.29. The number of amides is 1. The van der Waals surface area contributed by atoms with Gasteiger partial charge in [0.2, 0.25) is 10.0 Å². The van der Waals surface area contributed by atoms with Crippen LogP contribution in [0.15, 0.2) is 41.3 Å². The molecule has 2 fully saturated rings. The summed E-state index contributed by atoms with van der Waals surface area (Å²) in [5.74, 6) is -0.996. The van der Waals surface area contributed by atoms with Crippen LogP contribution in [0.1, 0.15) is 29.6 Å². The van der Waals surface area contributed by atoms with E-state index in [0.717, 1.165) is 19.3 Å². The lowest BCUT2D eigenvalue weighted by Gasteiger charge is -2.29. The zero-order valence-corrected chi connectivity index (χ0v) is 19.1. The molecule has 0 atom stereocenters. The van der Waals surface area contributed by atoms with Crippen molar-refractivity contribution in [1.82, 2.24) is 4.31 Å². The van der Waals surface area contributed by atoms with Crippen LogP contribution in [-0.2, 0) is 14.8 Å². The number of carbonyl (C=O) groups excluding carboxylic acids is 1. The van der Waals surface area contributed by atoms with Crippen molar-refractivity contribution >= 4 is 38.9 Å². The largest absolute Gasteiger partial charge is 0.378 e. The number of ether oxygens (including phenoxy) is 1. The number of anilines is 2. The summed E-state index contributed by atoms with van der Waals surface area (Å²) < 4.78 is 47.4. The molecular weight excluding hydrogens is 457 g/mol. The molecule has 1 amide bonds. The Morgan fingerprint density at radius 2 is 1.72 bits per heavy atom. The van der Waals surface area contributed by atoms with E-state index in [1.165, 1.54) is 28.6 Å². The number of sulfonamides is 1. The Morgan fingerprint density at radius 1 is 1.00 bits per heavy atom. The number of morpholine rings is 1. The third-order valence-corrected chi connectivity index (χ3v) is 8.06. The average molecular weight is 482 g/mol. The smallest absolute Gasteiger partial charge is 0.255 e. The fraction of sp³-hybridized carbons (Fsp3) is 0.409. The summed E-state index contributed by atoms with van der Waals surface area (Å²) in [6.45, 7) is 3.14. The van der Waals surface area contributed by atoms with Crippen molar-refractivity contribution in [3.63, 3.8) is 0 Å². The van der Waals surface area contributed by atoms with Crippen molar-refractivity contribution in [2.24, 2.45) is 0 Å². The van der Waals surface area contributed by atoms with Crippen LogP contribution < -0.4 is 10.2 Å². The molecule has 0 radical (unpaired) electrons. The SMILES string of the molecule is O=C(Nc1ccc(N2CCOCC2)c(F)c1)c1ccc(Cl)c(S(=O)(=O)N2CCCCC2)c1. The molecule has 2 aromatic rings. The Kier molecular flexibility index (Phi) is 6.99. The summed E-state index contributed by atoms with van der Waals surface area (Å²) in [6.07, 6.45) is 2.58. The predicted molar refractivity (Wildman–Crippen MR) is 121 cm³/mol. The molecular formula is C22H25ClFN3O4S. The Morgan fingerprint density at radius 3 is 2.41 bits per heavy atom. The lowest BCUT2D eigenvalue weighted by molar-refractivity contribution is 0.102. The minimum absolute atomic E-state index is 0.0630. The summed E-state index contributed by atoms with van der Waals surface area (Å²) in [4.78, 5) is 14.6. The molecule has 2 heterocycles. The number of piperidine rings is 1. The Labute approximate surface area is 192 Å². The van der Waals surface area contributed by atoms with Gasteiger partial charge in [-0.05, 0) is 49.2 Å². The number of hydrogen-bond acceptors (Lipinski definition) is 5. The second-order valence-electron chi connectivity index (χ2n) is 7.83. The molecule has 2 saturated heterocycles. The minimum atomic E-state index is -3.80. The van der Waals surface area contributed by atoms with Gasteiger partial charge in [-0.3, -0.25) is 4.79 Å². The van der Waals surface area contributed by atoms with E-state index >= 15 is 0 Å². The number of nitrogens with one attached hydrogen (secondary N) is 1. The van der Waals surface area contributed by atoms with Gasteiger partial charge in [-0.15, -0.1) is 0 Å². The van der Waals surface area contributed by atoms with E-state index in [0.29, 0.717) is 45.1 Å². The molecule has 172 valence electrons. The van der Waals surface area contributed by atoms with E-state index in [2.05, 4.69) is 5.32 Å². The average Bonchev–Trinajstić information content (AvgIpc) is 2.80. The van der Waals surface area contributed by atoms with Crippen LogP contribution in [-0.4, -0.2) is 58.0 Å². The van der Waals surface area contributed by atoms with Crippen LogP contribution in [0.5, 0.6) is 0 Å². The molecule has 0 aliphatic carbocycles. The predicted octanol–water partition coefficient (Wildman–Crippen LogP) is 3.74. The number of rotatable bonds is 5. The summed E-state index contributed by atoms with van der Waals surface area (Å²) in [5.41, 5.74) is 0.857. The molecule has 0 spiro atoms. The van der Waals surface area contributed by atoms with Gasteiger partial charge in [0.15, 0.2) is 0 Å². The van der Waals surface area contributed by atoms with Gasteiger partial charge in [0.05, 0.1) is 23.9 Å². The Balaban J connectivity index is 1.52. The standard InChI is InChI=1S/C22H25ClFN3O4S/c23-18-6-4-16(14-21(18)32(29,30)27-8-2-1-3-9-27)22(28)25-17-5-7-20(19(24)15-17)26-10-12-31-13-11-26/h4-7,14-15H,1-3,8-13H2,(H,25,28). The van der Waals surface area contributed by atoms with E-state index in [1.807, 2.05) is 4.90 Å². The van der Waals surface area contributed by atoms with E-state index < -0.39 is 21.7 Å². The quantitative estimate of drug-likeness (QED) is 0.703. The normalized spacial score (nSPS) is 17.9. The van der Waals surface area contributed by atoms with Gasteiger partial charge in [-0.1, -0.05) is 18.0 Å². The molecule has 2 aromatic carbocycles. The molecule has 7 nitrogen and oxygen atoms in total. The number of nitrogens with zero attached hydrogens (tertiary/aromatic N) is 2. The summed E-state index contributed by atoms with van der Waals surface area (Å²) >= 11 is 6.18. The van der Waals surface area contributed by atoms with Crippen molar-refractivity contribution in [1.29, 1.82) is 0 Å². The van der Waals surface area contributed by atoms with Gasteiger partial charge < -0.3 is 15.0 Å². The Hall–Kier alpha value is -2.20. The van der Waals surface area contributed by atoms with E-state index in [-0.39, 0.29) is 21.2 Å². The van der Waals surface area contributed by atoms with Gasteiger partial charge in [-0.2, -0.15) is 4.31 Å². The number of benzene rings is 2. The first-order valence-electron chi connectivity index (χ1n) is 10.6. The van der Waals surface area contributed by atoms with Gasteiger partial charge in [0, 0.05) is 37.4 Å². The molecule has 32 heavy (non-hydrogen) atoms. The van der Waals surface area contributed by atoms with Crippen molar-refractivity contribution in [3.05, 3.63) is 52.8 Å². The fourth-order valence-electron chi connectivity index (χ4n) is 3.94. The lowest BCUT2D eigenvalue weighted by Crippen LogP contribution is -2.36. The van der Waals surface area contributed by atoms with Crippen LogP contribution in [0.4, 0.5) is 15.8 Å². The Bertz CT molecular complexity index is 1100. The van der Waals surface area contributed by atoms with Crippen LogP contribution in [0.3, 0.4) is 0 Å². The van der Waals surface area contributed by atoms with Gasteiger partial charge in [0.1, 0.15) is 10.7 Å². The maximum Gasteiger partial charge on any atom is 0.255 e. The van der Waals surface area contributed by atoms with E-state index in [9.17, 15) is 17.6 Å². The second kappa shape index (κ2) is 9.74. The van der Waals surface area contributed by atoms with E-state index in [1.54, 1.807) is 12.1 Å². The number of halogens is 2. The zero-order valence-electron chi connectivity index (χ0n) is 17.5. The monoisotopic (exact) mass is 481 g/mol. The summed E-state index contributed by atoms with van der Waals surface area (Å²) in [7, 11) is -3.80. The highest BCUT2D eigenvalue weighted by atomic mass is 35.5. The van der Waals surface area contributed by atoms with Crippen molar-refractivity contribution < 1.29 is 22.3 Å². The zero-order chi connectivity index (χ0) is 22.7. The highest BCUT2D eigenvalue weighted by Crippen LogP contribution is 2.29. The van der Waals surface area contributed by atoms with Crippen LogP contribution >= 0.6 is 11.6 Å². The molecule has 4 rings (SSSR count). The van der Waals surface area contributed by atoms with Gasteiger partial charge in [-0.25, -0.2) is 12.8 Å². The topological polar surface area (TPSA) is 79.0 Å². The first kappa shape index (κ1) is 23.0. The first-order valence-corrected chi connectivity index (χ1v) is 12.4. The first-order chi connectivity index (χ1) is 15.4. The number of carbonyl (C=O) groups is 1. The second-order valence-corrected chi connectivity index (χ2v) is 10.1. The fourth-order valence-corrected chi connectivity index (χ4v) is 5.95. The maximum absolute atomic E-state index is 14.6. The van der Waals surface area contributed by atoms with Crippen LogP contribution in [0, 0.1) is 5.82 Å². The third kappa shape index (κ3) is 4.91. The van der Waals surface area contributed by atoms with Crippen molar-refractivity contribution in [3.8, 4) is 0 Å². The maximum atomic E-state index is 14.6. The third-order valence-electron chi connectivity index (χ3n) is 5.68. The molecule has 2 aliphatic heterocycles. The van der Waals surface area contributed by atoms with Crippen molar-refractivity contribution in [2.75, 3.05) is 49.6 Å². The molecule has 0 saturated carbocycles. The molecule has 1 N–H and O–H groups in total. The number of hydrogen-bond donors (Lipinski definition) is 1. The van der Waals surface area contributed by atoms with E-state index in [4.69, 9.17) is 16.3 Å². The molecule has 0 aromatic heterocycles. The van der Waals surface area contributed by atoms with Crippen molar-refractivity contribution in [2.45, 2.75) is 24.2 Å². The van der Waals surface area contributed by atoms with Crippen LogP contribution in [0.25, 0.3) is 0 Å². The molecule has 2 aliphatic rings.